The Morgan fingerprint density at radius 2 is 2.15 bits per heavy atom. The van der Waals surface area contributed by atoms with Crippen LogP contribution >= 0.6 is 23.5 Å². The fourth-order valence-electron chi connectivity index (χ4n) is 3.62. The Hall–Kier alpha value is -1.57. The van der Waals surface area contributed by atoms with Crippen molar-refractivity contribution in [1.82, 2.24) is 4.90 Å². The van der Waals surface area contributed by atoms with Crippen LogP contribution in [0.2, 0.25) is 5.02 Å². The molecule has 0 spiro atoms. The number of carbonyl (C=O) groups excluding carboxylic acids is 1. The highest BCUT2D eigenvalue weighted by atomic mass is 35.5. The van der Waals surface area contributed by atoms with Gasteiger partial charge in [0.2, 0.25) is 5.91 Å². The normalized spacial score (nSPS) is 17.3. The van der Waals surface area contributed by atoms with E-state index in [2.05, 4.69) is 16.3 Å². The average Bonchev–Trinajstić information content (AvgIpc) is 2.61. The number of halogens is 1. The third kappa shape index (κ3) is 4.15. The topological polar surface area (TPSA) is 67.6 Å². The fraction of sp³-hybridized carbons (Fsp3) is 0.350. The maximum atomic E-state index is 12.5. The van der Waals surface area contributed by atoms with E-state index in [-0.39, 0.29) is 12.3 Å². The van der Waals surface area contributed by atoms with Crippen molar-refractivity contribution < 1.29 is 9.53 Å². The Labute approximate surface area is 168 Å². The molecule has 142 valence electrons. The molecular weight excluding hydrogens is 382 g/mol. The molecule has 1 fully saturated rings. The van der Waals surface area contributed by atoms with Crippen molar-refractivity contribution in [2.24, 2.45) is 5.14 Å². The molecule has 3 N–H and O–H groups in total. The summed E-state index contributed by atoms with van der Waals surface area (Å²) in [7, 11) is 0. The summed E-state index contributed by atoms with van der Waals surface area (Å²) in [5, 5.41) is 9.51. The van der Waals surface area contributed by atoms with E-state index < -0.39 is 0 Å². The van der Waals surface area contributed by atoms with Gasteiger partial charge in [-0.2, -0.15) is 0 Å². The number of amides is 1. The molecule has 5 nitrogen and oxygen atoms in total. The largest absolute Gasteiger partial charge is 0.378 e. The minimum Gasteiger partial charge on any atom is -0.378 e. The fourth-order valence-corrected chi connectivity index (χ4v) is 4.40. The first-order valence-corrected chi connectivity index (χ1v) is 10.3. The Morgan fingerprint density at radius 3 is 2.85 bits per heavy atom. The van der Waals surface area contributed by atoms with Gasteiger partial charge in [0.1, 0.15) is 0 Å². The molecule has 2 aliphatic heterocycles. The van der Waals surface area contributed by atoms with Crippen molar-refractivity contribution in [3.63, 3.8) is 0 Å². The summed E-state index contributed by atoms with van der Waals surface area (Å²) in [6.45, 7) is 3.50. The van der Waals surface area contributed by atoms with Gasteiger partial charge in [-0.3, -0.25) is 14.8 Å². The molecule has 1 saturated heterocycles. The number of carbonyl (C=O) groups is 1. The van der Waals surface area contributed by atoms with Gasteiger partial charge in [-0.15, -0.1) is 0 Å². The molecule has 2 aromatic carbocycles. The van der Waals surface area contributed by atoms with Crippen molar-refractivity contribution in [2.75, 3.05) is 25.1 Å². The van der Waals surface area contributed by atoms with Crippen LogP contribution in [0.3, 0.4) is 0 Å². The highest BCUT2D eigenvalue weighted by Crippen LogP contribution is 2.32. The van der Waals surface area contributed by atoms with Crippen molar-refractivity contribution in [3.05, 3.63) is 58.1 Å². The van der Waals surface area contributed by atoms with Crippen molar-refractivity contribution in [3.8, 4) is 0 Å². The van der Waals surface area contributed by atoms with E-state index in [0.29, 0.717) is 11.1 Å². The number of hydrogen-bond acceptors (Lipinski definition) is 5. The standard InChI is InChI=1S/C20H22ClN3O2S/c21-18-4-2-1-3-13(18)8-20(25)23-15-7-14-10-24(16-11-26-12-16)6-5-17(14)19(9-15)27-22/h1-4,7,9,16H,5-6,8,10-12,22H2,(H,23,25). The monoisotopic (exact) mass is 403 g/mol. The highest BCUT2D eigenvalue weighted by molar-refractivity contribution is 7.97. The van der Waals surface area contributed by atoms with Gasteiger partial charge < -0.3 is 10.1 Å². The predicted octanol–water partition coefficient (Wildman–Crippen LogP) is 3.24. The number of nitrogens with zero attached hydrogens (tertiary/aromatic N) is 1. The number of ether oxygens (including phenoxy) is 1. The summed E-state index contributed by atoms with van der Waals surface area (Å²) in [6, 6.07) is 12.0. The van der Waals surface area contributed by atoms with Crippen LogP contribution in [0.15, 0.2) is 41.3 Å². The molecule has 7 heteroatoms. The molecule has 0 aromatic heterocycles. The van der Waals surface area contributed by atoms with E-state index in [9.17, 15) is 4.79 Å². The second kappa shape index (κ2) is 8.20. The zero-order valence-electron chi connectivity index (χ0n) is 14.9. The second-order valence-electron chi connectivity index (χ2n) is 6.96. The zero-order chi connectivity index (χ0) is 18.8. The van der Waals surface area contributed by atoms with E-state index in [1.54, 1.807) is 6.07 Å². The van der Waals surface area contributed by atoms with E-state index in [1.165, 1.54) is 23.1 Å². The molecule has 0 bridgehead atoms. The first kappa shape index (κ1) is 18.8. The first-order valence-electron chi connectivity index (χ1n) is 9.01. The molecule has 2 aliphatic rings. The third-order valence-electron chi connectivity index (χ3n) is 5.18. The zero-order valence-corrected chi connectivity index (χ0v) is 16.5. The molecule has 2 aromatic rings. The maximum Gasteiger partial charge on any atom is 0.228 e. The number of nitrogens with two attached hydrogens (primary N) is 1. The summed E-state index contributed by atoms with van der Waals surface area (Å²) < 4.78 is 5.33. The second-order valence-corrected chi connectivity index (χ2v) is 8.04. The molecule has 4 rings (SSSR count). The SMILES string of the molecule is NSc1cc(NC(=O)Cc2ccccc2Cl)cc2c1CCN(C1COC1)C2. The van der Waals surface area contributed by atoms with Crippen LogP contribution in [0.25, 0.3) is 0 Å². The minimum absolute atomic E-state index is 0.0870. The molecule has 0 radical (unpaired) electrons. The number of rotatable bonds is 5. The number of hydrogen-bond donors (Lipinski definition) is 2. The van der Waals surface area contributed by atoms with Crippen LogP contribution in [0.1, 0.15) is 16.7 Å². The summed E-state index contributed by atoms with van der Waals surface area (Å²) >= 11 is 7.41. The minimum atomic E-state index is -0.0870. The van der Waals surface area contributed by atoms with Gasteiger partial charge >= 0.3 is 0 Å². The van der Waals surface area contributed by atoms with Crippen LogP contribution in [-0.4, -0.2) is 36.6 Å². The number of fused-ring (bicyclic) bond motifs is 1. The molecule has 2 heterocycles. The average molecular weight is 404 g/mol. The van der Waals surface area contributed by atoms with Crippen LogP contribution in [-0.2, 0) is 28.9 Å². The molecular formula is C20H22ClN3O2S. The van der Waals surface area contributed by atoms with Gasteiger partial charge in [0.15, 0.2) is 0 Å². The van der Waals surface area contributed by atoms with Crippen LogP contribution < -0.4 is 10.5 Å². The van der Waals surface area contributed by atoms with E-state index >= 15 is 0 Å². The lowest BCUT2D eigenvalue weighted by Gasteiger charge is -2.40. The summed E-state index contributed by atoms with van der Waals surface area (Å²) in [5.74, 6) is -0.0870. The first-order chi connectivity index (χ1) is 13.1. The van der Waals surface area contributed by atoms with Crippen LogP contribution in [0, 0.1) is 0 Å². The summed E-state index contributed by atoms with van der Waals surface area (Å²) in [5.41, 5.74) is 4.13. The van der Waals surface area contributed by atoms with Crippen LogP contribution in [0.5, 0.6) is 0 Å². The van der Waals surface area contributed by atoms with E-state index in [1.807, 2.05) is 24.3 Å². The number of anilines is 1. The lowest BCUT2D eigenvalue weighted by Crippen LogP contribution is -2.50. The van der Waals surface area contributed by atoms with Crippen molar-refractivity contribution in [1.29, 1.82) is 0 Å². The smallest absolute Gasteiger partial charge is 0.228 e. The third-order valence-corrected chi connectivity index (χ3v) is 6.17. The molecule has 0 saturated carbocycles. The Kier molecular flexibility index (Phi) is 5.71. The Balaban J connectivity index is 1.51. The maximum absolute atomic E-state index is 12.5. The predicted molar refractivity (Wildman–Crippen MR) is 109 cm³/mol. The lowest BCUT2D eigenvalue weighted by atomic mass is 9.97. The molecule has 0 unspecified atom stereocenters. The molecule has 0 aliphatic carbocycles. The molecule has 0 atom stereocenters. The van der Waals surface area contributed by atoms with E-state index in [4.69, 9.17) is 21.5 Å². The van der Waals surface area contributed by atoms with Gasteiger partial charge in [-0.05, 0) is 53.3 Å². The number of benzene rings is 2. The van der Waals surface area contributed by atoms with Gasteiger partial charge in [0.05, 0.1) is 25.7 Å². The molecule has 1 amide bonds. The summed E-state index contributed by atoms with van der Waals surface area (Å²) in [4.78, 5) is 16.0. The van der Waals surface area contributed by atoms with Crippen LogP contribution in [0.4, 0.5) is 5.69 Å². The highest BCUT2D eigenvalue weighted by Gasteiger charge is 2.29. The van der Waals surface area contributed by atoms with E-state index in [0.717, 1.165) is 48.9 Å². The Bertz CT molecular complexity index is 857. The van der Waals surface area contributed by atoms with Gasteiger partial charge in [-0.25, -0.2) is 0 Å². The van der Waals surface area contributed by atoms with Gasteiger partial charge in [0, 0.05) is 28.7 Å². The summed E-state index contributed by atoms with van der Waals surface area (Å²) in [6.07, 6.45) is 1.21. The van der Waals surface area contributed by atoms with Crippen molar-refractivity contribution >= 4 is 35.1 Å². The lowest BCUT2D eigenvalue weighted by molar-refractivity contribution is -0.115. The molecule has 27 heavy (non-hydrogen) atoms. The van der Waals surface area contributed by atoms with Gasteiger partial charge in [0.25, 0.3) is 0 Å². The quantitative estimate of drug-likeness (QED) is 0.750. The van der Waals surface area contributed by atoms with Crippen molar-refractivity contribution in [2.45, 2.75) is 30.3 Å². The van der Waals surface area contributed by atoms with Gasteiger partial charge in [-0.1, -0.05) is 29.8 Å². The Morgan fingerprint density at radius 1 is 1.33 bits per heavy atom. The number of nitrogens with one attached hydrogen (secondary N) is 1.